The van der Waals surface area contributed by atoms with Gasteiger partial charge in [-0.1, -0.05) is 51.4 Å². The fourth-order valence-electron chi connectivity index (χ4n) is 2.05. The quantitative estimate of drug-likeness (QED) is 0.669. The zero-order valence-corrected chi connectivity index (χ0v) is 14.7. The first kappa shape index (κ1) is 17.0. The Balaban J connectivity index is 2.86. The Morgan fingerprint density at radius 3 is 2.58 bits per heavy atom. The van der Waals surface area contributed by atoms with Crippen LogP contribution in [0.4, 0.5) is 0 Å². The van der Waals surface area contributed by atoms with Crippen LogP contribution in [0.25, 0.3) is 0 Å². The van der Waals surface area contributed by atoms with Gasteiger partial charge >= 0.3 is 0 Å². The van der Waals surface area contributed by atoms with E-state index in [1.54, 1.807) is 0 Å². The molecule has 0 radical (unpaired) electrons. The Morgan fingerprint density at radius 2 is 2.00 bits per heavy atom. The monoisotopic (exact) mass is 345 g/mol. The van der Waals surface area contributed by atoms with Crippen LogP contribution in [0.2, 0.25) is 5.02 Å². The van der Waals surface area contributed by atoms with Crippen LogP contribution in [-0.4, -0.2) is 6.54 Å². The molecule has 1 rings (SSSR count). The van der Waals surface area contributed by atoms with Gasteiger partial charge in [-0.25, -0.2) is 0 Å². The Labute approximate surface area is 131 Å². The zero-order chi connectivity index (χ0) is 14.5. The molecule has 108 valence electrons. The second kappa shape index (κ2) is 7.66. The molecule has 1 aromatic rings. The van der Waals surface area contributed by atoms with Crippen LogP contribution in [0.3, 0.4) is 0 Å². The molecule has 3 heteroatoms. The Morgan fingerprint density at radius 1 is 1.32 bits per heavy atom. The third kappa shape index (κ3) is 5.85. The fraction of sp³-hybridized carbons (Fsp3) is 0.625. The molecular formula is C16H25BrClN. The SMILES string of the molecule is CCCNC(CCC(C)(C)C)c1cccc(Br)c1Cl. The molecule has 0 saturated carbocycles. The highest BCUT2D eigenvalue weighted by molar-refractivity contribution is 9.10. The summed E-state index contributed by atoms with van der Waals surface area (Å²) in [5.41, 5.74) is 1.55. The van der Waals surface area contributed by atoms with Crippen molar-refractivity contribution in [3.8, 4) is 0 Å². The van der Waals surface area contributed by atoms with Crippen molar-refractivity contribution in [1.82, 2.24) is 5.32 Å². The third-order valence-electron chi connectivity index (χ3n) is 3.18. The van der Waals surface area contributed by atoms with Gasteiger partial charge in [-0.15, -0.1) is 0 Å². The van der Waals surface area contributed by atoms with Crippen molar-refractivity contribution in [2.75, 3.05) is 6.54 Å². The molecule has 0 aliphatic carbocycles. The standard InChI is InChI=1S/C16H25BrClN/c1-5-11-19-14(9-10-16(2,3)4)12-7-6-8-13(17)15(12)18/h6-8,14,19H,5,9-11H2,1-4H3. The van der Waals surface area contributed by atoms with Crippen LogP contribution in [0.15, 0.2) is 22.7 Å². The molecule has 1 unspecified atom stereocenters. The fourth-order valence-corrected chi connectivity index (χ4v) is 2.69. The minimum atomic E-state index is 0.337. The van der Waals surface area contributed by atoms with Crippen molar-refractivity contribution in [3.63, 3.8) is 0 Å². The zero-order valence-electron chi connectivity index (χ0n) is 12.4. The summed E-state index contributed by atoms with van der Waals surface area (Å²) >= 11 is 9.94. The first-order valence-electron chi connectivity index (χ1n) is 7.02. The van der Waals surface area contributed by atoms with Crippen LogP contribution >= 0.6 is 27.5 Å². The largest absolute Gasteiger partial charge is 0.310 e. The van der Waals surface area contributed by atoms with Crippen molar-refractivity contribution in [2.24, 2.45) is 5.41 Å². The highest BCUT2D eigenvalue weighted by Crippen LogP contribution is 2.34. The van der Waals surface area contributed by atoms with E-state index in [4.69, 9.17) is 11.6 Å². The summed E-state index contributed by atoms with van der Waals surface area (Å²) in [7, 11) is 0. The molecule has 0 aromatic heterocycles. The van der Waals surface area contributed by atoms with E-state index in [0.29, 0.717) is 11.5 Å². The van der Waals surface area contributed by atoms with Gasteiger partial charge in [0.2, 0.25) is 0 Å². The molecule has 0 saturated heterocycles. The van der Waals surface area contributed by atoms with Crippen LogP contribution in [0.5, 0.6) is 0 Å². The first-order chi connectivity index (χ1) is 8.85. The molecule has 0 bridgehead atoms. The van der Waals surface area contributed by atoms with E-state index in [1.807, 2.05) is 6.07 Å². The number of halogens is 2. The van der Waals surface area contributed by atoms with Crippen LogP contribution < -0.4 is 5.32 Å². The highest BCUT2D eigenvalue weighted by atomic mass is 79.9. The van der Waals surface area contributed by atoms with Crippen molar-refractivity contribution in [3.05, 3.63) is 33.3 Å². The second-order valence-electron chi connectivity index (χ2n) is 6.25. The molecule has 0 aliphatic rings. The van der Waals surface area contributed by atoms with E-state index in [1.165, 1.54) is 12.0 Å². The number of hydrogen-bond acceptors (Lipinski definition) is 1. The van der Waals surface area contributed by atoms with E-state index >= 15 is 0 Å². The van der Waals surface area contributed by atoms with Gasteiger partial charge in [0.1, 0.15) is 0 Å². The van der Waals surface area contributed by atoms with E-state index in [0.717, 1.165) is 28.9 Å². The smallest absolute Gasteiger partial charge is 0.0595 e. The molecule has 1 nitrogen and oxygen atoms in total. The lowest BCUT2D eigenvalue weighted by Crippen LogP contribution is -2.24. The van der Waals surface area contributed by atoms with Crippen LogP contribution in [0, 0.1) is 5.41 Å². The lowest BCUT2D eigenvalue weighted by atomic mass is 9.87. The van der Waals surface area contributed by atoms with E-state index < -0.39 is 0 Å². The van der Waals surface area contributed by atoms with Crippen molar-refractivity contribution >= 4 is 27.5 Å². The summed E-state index contributed by atoms with van der Waals surface area (Å²) in [6, 6.07) is 6.52. The van der Waals surface area contributed by atoms with Crippen molar-refractivity contribution in [1.29, 1.82) is 0 Å². The summed E-state index contributed by atoms with van der Waals surface area (Å²) in [5.74, 6) is 0. The summed E-state index contributed by atoms with van der Waals surface area (Å²) in [5, 5.41) is 4.46. The van der Waals surface area contributed by atoms with Gasteiger partial charge in [0.15, 0.2) is 0 Å². The number of nitrogens with one attached hydrogen (secondary N) is 1. The minimum absolute atomic E-state index is 0.337. The summed E-state index contributed by atoms with van der Waals surface area (Å²) in [4.78, 5) is 0. The Kier molecular flexibility index (Phi) is 6.85. The molecule has 1 atom stereocenters. The van der Waals surface area contributed by atoms with Gasteiger partial charge in [-0.05, 0) is 58.8 Å². The molecule has 0 fully saturated rings. The Bertz CT molecular complexity index is 398. The van der Waals surface area contributed by atoms with Crippen molar-refractivity contribution < 1.29 is 0 Å². The molecule has 1 N–H and O–H groups in total. The maximum Gasteiger partial charge on any atom is 0.0595 e. The predicted octanol–water partition coefficient (Wildman–Crippen LogP) is 5.97. The molecular weight excluding hydrogens is 322 g/mol. The maximum atomic E-state index is 6.43. The van der Waals surface area contributed by atoms with Crippen molar-refractivity contribution in [2.45, 2.75) is 53.0 Å². The molecule has 0 amide bonds. The number of benzene rings is 1. The van der Waals surface area contributed by atoms with Gasteiger partial charge in [0.25, 0.3) is 0 Å². The van der Waals surface area contributed by atoms with Gasteiger partial charge in [-0.2, -0.15) is 0 Å². The van der Waals surface area contributed by atoms with Crippen LogP contribution in [-0.2, 0) is 0 Å². The third-order valence-corrected chi connectivity index (χ3v) is 4.49. The summed E-state index contributed by atoms with van der Waals surface area (Å²) in [6.07, 6.45) is 3.43. The molecule has 0 spiro atoms. The lowest BCUT2D eigenvalue weighted by Gasteiger charge is -2.25. The van der Waals surface area contributed by atoms with E-state index in [9.17, 15) is 0 Å². The Hall–Kier alpha value is -0.0500. The van der Waals surface area contributed by atoms with Gasteiger partial charge < -0.3 is 5.32 Å². The topological polar surface area (TPSA) is 12.0 Å². The summed E-state index contributed by atoms with van der Waals surface area (Å²) < 4.78 is 0.978. The van der Waals surface area contributed by atoms with Gasteiger partial charge in [-0.3, -0.25) is 0 Å². The van der Waals surface area contributed by atoms with Gasteiger partial charge in [0, 0.05) is 10.5 Å². The molecule has 1 aromatic carbocycles. The number of rotatable bonds is 6. The average molecular weight is 347 g/mol. The molecule has 19 heavy (non-hydrogen) atoms. The van der Waals surface area contributed by atoms with Crippen LogP contribution in [0.1, 0.15) is 58.6 Å². The number of hydrogen-bond donors (Lipinski definition) is 1. The first-order valence-corrected chi connectivity index (χ1v) is 8.19. The lowest BCUT2D eigenvalue weighted by molar-refractivity contribution is 0.332. The maximum absolute atomic E-state index is 6.43. The van der Waals surface area contributed by atoms with E-state index in [2.05, 4.69) is 61.1 Å². The predicted molar refractivity (Wildman–Crippen MR) is 88.9 cm³/mol. The molecule has 0 aliphatic heterocycles. The van der Waals surface area contributed by atoms with E-state index in [-0.39, 0.29) is 0 Å². The minimum Gasteiger partial charge on any atom is -0.310 e. The molecule has 0 heterocycles. The summed E-state index contributed by atoms with van der Waals surface area (Å²) in [6.45, 7) is 10.1. The van der Waals surface area contributed by atoms with Gasteiger partial charge in [0.05, 0.1) is 5.02 Å². The normalized spacial score (nSPS) is 13.6. The highest BCUT2D eigenvalue weighted by Gasteiger charge is 2.19. The average Bonchev–Trinajstić information content (AvgIpc) is 2.32. The second-order valence-corrected chi connectivity index (χ2v) is 7.48.